The average molecular weight is 317 g/mol. The Morgan fingerprint density at radius 3 is 2.86 bits per heavy atom. The summed E-state index contributed by atoms with van der Waals surface area (Å²) in [6, 6.07) is 7.46. The van der Waals surface area contributed by atoms with E-state index in [1.54, 1.807) is 0 Å². The van der Waals surface area contributed by atoms with Crippen LogP contribution in [0.25, 0.3) is 10.9 Å². The molecule has 1 fully saturated rings. The number of thioether (sulfide) groups is 1. The van der Waals surface area contributed by atoms with Crippen molar-refractivity contribution in [1.29, 1.82) is 0 Å². The minimum absolute atomic E-state index is 0.384. The molecule has 0 aliphatic carbocycles. The summed E-state index contributed by atoms with van der Waals surface area (Å²) in [7, 11) is 0. The lowest BCUT2D eigenvalue weighted by Crippen LogP contribution is -2.37. The number of nitrogens with one attached hydrogen (secondary N) is 1. The maximum atomic E-state index is 3.45. The van der Waals surface area contributed by atoms with Crippen LogP contribution >= 0.6 is 11.8 Å². The Bertz CT molecular complexity index is 638. The Morgan fingerprint density at radius 2 is 2.14 bits per heavy atom. The molecule has 1 atom stereocenters. The van der Waals surface area contributed by atoms with Gasteiger partial charge in [-0.2, -0.15) is 0 Å². The summed E-state index contributed by atoms with van der Waals surface area (Å²) >= 11 is 1.82. The van der Waals surface area contributed by atoms with Crippen LogP contribution in [0, 0.1) is 5.41 Å². The number of hydrogen-bond donors (Lipinski definition) is 1. The van der Waals surface area contributed by atoms with E-state index in [9.17, 15) is 0 Å². The van der Waals surface area contributed by atoms with E-state index in [-0.39, 0.29) is 0 Å². The highest BCUT2D eigenvalue weighted by Crippen LogP contribution is 2.30. The maximum Gasteiger partial charge on any atom is 0.0457 e. The Hall–Kier alpha value is -0.930. The van der Waals surface area contributed by atoms with Crippen LogP contribution < -0.4 is 0 Å². The maximum absolute atomic E-state index is 3.45. The number of fused-ring (bicyclic) bond motifs is 1. The van der Waals surface area contributed by atoms with Crippen molar-refractivity contribution in [2.75, 3.05) is 19.3 Å². The highest BCUT2D eigenvalue weighted by atomic mass is 32.2. The predicted octanol–water partition coefficient (Wildman–Crippen LogP) is 4.94. The third-order valence-electron chi connectivity index (χ3n) is 4.61. The monoisotopic (exact) mass is 316 g/mol. The molecule has 0 saturated carbocycles. The van der Waals surface area contributed by atoms with Crippen molar-refractivity contribution in [3.05, 3.63) is 30.0 Å². The summed E-state index contributed by atoms with van der Waals surface area (Å²) in [6.07, 6.45) is 8.23. The largest absolute Gasteiger partial charge is 0.361 e. The zero-order valence-electron chi connectivity index (χ0n) is 14.3. The van der Waals surface area contributed by atoms with Gasteiger partial charge in [-0.3, -0.25) is 4.90 Å². The molecule has 120 valence electrons. The van der Waals surface area contributed by atoms with E-state index in [4.69, 9.17) is 0 Å². The molecule has 0 amide bonds. The van der Waals surface area contributed by atoms with Crippen LogP contribution in [0.2, 0.25) is 0 Å². The Morgan fingerprint density at radius 1 is 1.32 bits per heavy atom. The van der Waals surface area contributed by atoms with Crippen LogP contribution in [0.5, 0.6) is 0 Å². The topological polar surface area (TPSA) is 19.0 Å². The highest BCUT2D eigenvalue weighted by molar-refractivity contribution is 7.98. The fraction of sp³-hybridized carbons (Fsp3) is 0.579. The Labute approximate surface area is 138 Å². The van der Waals surface area contributed by atoms with Crippen molar-refractivity contribution in [2.45, 2.75) is 51.0 Å². The summed E-state index contributed by atoms with van der Waals surface area (Å²) in [4.78, 5) is 7.51. The molecule has 2 nitrogen and oxygen atoms in total. The smallest absolute Gasteiger partial charge is 0.0457 e. The minimum Gasteiger partial charge on any atom is -0.361 e. The number of likely N-dealkylation sites (tertiary alicyclic amines) is 1. The second-order valence-corrected chi connectivity index (χ2v) is 8.64. The number of H-pyrrole nitrogens is 1. The number of rotatable bonds is 4. The van der Waals surface area contributed by atoms with Gasteiger partial charge in [0.05, 0.1) is 0 Å². The minimum atomic E-state index is 0.384. The molecule has 1 aromatic heterocycles. The molecule has 1 aromatic carbocycles. The van der Waals surface area contributed by atoms with Crippen LogP contribution in [0.1, 0.15) is 39.2 Å². The first-order valence-electron chi connectivity index (χ1n) is 8.34. The van der Waals surface area contributed by atoms with Crippen molar-refractivity contribution in [1.82, 2.24) is 9.88 Å². The number of nitrogens with zero attached hydrogens (tertiary/aromatic N) is 1. The zero-order chi connectivity index (χ0) is 15.7. The van der Waals surface area contributed by atoms with Gasteiger partial charge in [0.1, 0.15) is 0 Å². The van der Waals surface area contributed by atoms with E-state index < -0.39 is 0 Å². The molecule has 3 heteroatoms. The summed E-state index contributed by atoms with van der Waals surface area (Å²) in [5.74, 6) is 0. The van der Waals surface area contributed by atoms with Gasteiger partial charge >= 0.3 is 0 Å². The molecule has 1 saturated heterocycles. The molecular formula is C19H28N2S. The normalized spacial score (nSPS) is 20.1. The van der Waals surface area contributed by atoms with Gasteiger partial charge in [0.2, 0.25) is 0 Å². The molecule has 1 N–H and O–H groups in total. The standard InChI is InChI=1S/C19H28N2S/c1-19(2,3)13-21-9-5-6-15(21)10-14-12-20-18-8-7-16(22-4)11-17(14)18/h7-8,11-12,15,20H,5-6,9-10,13H2,1-4H3/t15-/m1/s1. The lowest BCUT2D eigenvalue weighted by molar-refractivity contribution is 0.177. The SMILES string of the molecule is CSc1ccc2[nH]cc(C[C@H]3CCCN3CC(C)(C)C)c2c1. The van der Waals surface area contributed by atoms with Crippen molar-refractivity contribution in [3.63, 3.8) is 0 Å². The molecule has 0 spiro atoms. The second kappa shape index (κ2) is 6.29. The van der Waals surface area contributed by atoms with Crippen LogP contribution in [0.3, 0.4) is 0 Å². The molecule has 0 unspecified atom stereocenters. The fourth-order valence-corrected chi connectivity index (χ4v) is 4.09. The summed E-state index contributed by atoms with van der Waals surface area (Å²) in [5.41, 5.74) is 3.14. The summed E-state index contributed by atoms with van der Waals surface area (Å²) < 4.78 is 0. The van der Waals surface area contributed by atoms with E-state index in [2.05, 4.69) is 61.3 Å². The van der Waals surface area contributed by atoms with Crippen molar-refractivity contribution in [3.8, 4) is 0 Å². The second-order valence-electron chi connectivity index (χ2n) is 7.76. The summed E-state index contributed by atoms with van der Waals surface area (Å²) in [6.45, 7) is 9.51. The lowest BCUT2D eigenvalue weighted by atomic mass is 9.95. The number of benzene rings is 1. The Kier molecular flexibility index (Phi) is 4.56. The molecule has 2 heterocycles. The van der Waals surface area contributed by atoms with Crippen molar-refractivity contribution >= 4 is 22.7 Å². The molecule has 3 rings (SSSR count). The lowest BCUT2D eigenvalue weighted by Gasteiger charge is -2.31. The first-order chi connectivity index (χ1) is 10.5. The van der Waals surface area contributed by atoms with E-state index in [1.165, 1.54) is 53.7 Å². The number of aromatic amines is 1. The first kappa shape index (κ1) is 15.9. The van der Waals surface area contributed by atoms with Gasteiger partial charge in [-0.05, 0) is 61.2 Å². The quantitative estimate of drug-likeness (QED) is 0.805. The van der Waals surface area contributed by atoms with Crippen LogP contribution in [0.15, 0.2) is 29.3 Å². The van der Waals surface area contributed by atoms with Gasteiger partial charge in [0, 0.05) is 34.6 Å². The third-order valence-corrected chi connectivity index (χ3v) is 5.33. The van der Waals surface area contributed by atoms with Gasteiger partial charge in [0.25, 0.3) is 0 Å². The molecular weight excluding hydrogens is 288 g/mol. The van der Waals surface area contributed by atoms with Gasteiger partial charge in [-0.1, -0.05) is 20.8 Å². The molecule has 0 bridgehead atoms. The highest BCUT2D eigenvalue weighted by Gasteiger charge is 2.28. The molecule has 2 aromatic rings. The van der Waals surface area contributed by atoms with E-state index in [0.717, 1.165) is 0 Å². The van der Waals surface area contributed by atoms with Gasteiger partial charge in [0.15, 0.2) is 0 Å². The molecule has 1 aliphatic heterocycles. The summed E-state index contributed by atoms with van der Waals surface area (Å²) in [5, 5.41) is 1.41. The van der Waals surface area contributed by atoms with Crippen LogP contribution in [-0.2, 0) is 6.42 Å². The van der Waals surface area contributed by atoms with E-state index >= 15 is 0 Å². The molecule has 1 aliphatic rings. The van der Waals surface area contributed by atoms with Crippen LogP contribution in [-0.4, -0.2) is 35.3 Å². The van der Waals surface area contributed by atoms with Gasteiger partial charge in [-0.15, -0.1) is 11.8 Å². The van der Waals surface area contributed by atoms with Crippen molar-refractivity contribution < 1.29 is 0 Å². The van der Waals surface area contributed by atoms with Crippen LogP contribution in [0.4, 0.5) is 0 Å². The van der Waals surface area contributed by atoms with E-state index in [1.807, 2.05) is 11.8 Å². The Balaban J connectivity index is 1.80. The molecule has 22 heavy (non-hydrogen) atoms. The first-order valence-corrected chi connectivity index (χ1v) is 9.57. The van der Waals surface area contributed by atoms with Gasteiger partial charge < -0.3 is 4.98 Å². The number of aromatic nitrogens is 1. The third kappa shape index (κ3) is 3.52. The predicted molar refractivity (Wildman–Crippen MR) is 97.8 cm³/mol. The average Bonchev–Trinajstić information content (AvgIpc) is 3.05. The molecule has 0 radical (unpaired) electrons. The fourth-order valence-electron chi connectivity index (χ4n) is 3.65. The van der Waals surface area contributed by atoms with Gasteiger partial charge in [-0.25, -0.2) is 0 Å². The number of hydrogen-bond acceptors (Lipinski definition) is 2. The zero-order valence-corrected chi connectivity index (χ0v) is 15.1. The van der Waals surface area contributed by atoms with Crippen molar-refractivity contribution in [2.24, 2.45) is 5.41 Å². The van der Waals surface area contributed by atoms with E-state index in [0.29, 0.717) is 11.5 Å².